The van der Waals surface area contributed by atoms with Gasteiger partial charge < -0.3 is 4.74 Å². The normalized spacial score (nSPS) is 10.6. The van der Waals surface area contributed by atoms with E-state index in [0.29, 0.717) is 11.0 Å². The van der Waals surface area contributed by atoms with Crippen molar-refractivity contribution in [3.8, 4) is 0 Å². The molecule has 0 aliphatic heterocycles. The SMILES string of the molecule is COC(=O)c1cc2nc(C)c(C)nc2cc1F. The van der Waals surface area contributed by atoms with Crippen LogP contribution in [-0.2, 0) is 4.74 Å². The minimum atomic E-state index is -0.718. The molecule has 2 rings (SSSR count). The van der Waals surface area contributed by atoms with Crippen molar-refractivity contribution in [1.82, 2.24) is 9.97 Å². The van der Waals surface area contributed by atoms with Crippen molar-refractivity contribution < 1.29 is 13.9 Å². The Morgan fingerprint density at radius 2 is 1.71 bits per heavy atom. The predicted octanol–water partition coefficient (Wildman–Crippen LogP) is 2.17. The molecular formula is C12H11FN2O2. The number of fused-ring (bicyclic) bond motifs is 1. The topological polar surface area (TPSA) is 52.1 Å². The molecule has 0 spiro atoms. The molecule has 1 aromatic carbocycles. The minimum Gasteiger partial charge on any atom is -0.465 e. The van der Waals surface area contributed by atoms with Gasteiger partial charge in [0.2, 0.25) is 0 Å². The fourth-order valence-corrected chi connectivity index (χ4v) is 1.52. The molecule has 0 fully saturated rings. The number of rotatable bonds is 1. The summed E-state index contributed by atoms with van der Waals surface area (Å²) >= 11 is 0. The third kappa shape index (κ3) is 1.95. The molecule has 4 nitrogen and oxygen atoms in total. The first-order chi connectivity index (χ1) is 8.02. The van der Waals surface area contributed by atoms with Crippen LogP contribution < -0.4 is 0 Å². The smallest absolute Gasteiger partial charge is 0.340 e. The van der Waals surface area contributed by atoms with Gasteiger partial charge in [0.25, 0.3) is 0 Å². The second-order valence-electron chi connectivity index (χ2n) is 3.71. The standard InChI is InChI=1S/C12H11FN2O2/c1-6-7(2)15-11-5-9(13)8(12(16)17-3)4-10(11)14-6/h4-5H,1-3H3. The molecule has 88 valence electrons. The first kappa shape index (κ1) is 11.4. The summed E-state index contributed by atoms with van der Waals surface area (Å²) in [4.78, 5) is 19.8. The second kappa shape index (κ2) is 4.08. The highest BCUT2D eigenvalue weighted by molar-refractivity contribution is 5.93. The molecule has 0 amide bonds. The van der Waals surface area contributed by atoms with Crippen LogP contribution in [0.3, 0.4) is 0 Å². The maximum atomic E-state index is 13.6. The molecule has 0 radical (unpaired) electrons. The summed E-state index contributed by atoms with van der Waals surface area (Å²) in [5, 5.41) is 0. The second-order valence-corrected chi connectivity index (χ2v) is 3.71. The minimum absolute atomic E-state index is 0.127. The maximum absolute atomic E-state index is 13.6. The van der Waals surface area contributed by atoms with Crippen LogP contribution >= 0.6 is 0 Å². The van der Waals surface area contributed by atoms with E-state index in [1.165, 1.54) is 19.2 Å². The van der Waals surface area contributed by atoms with Crippen LogP contribution in [0.15, 0.2) is 12.1 Å². The van der Waals surface area contributed by atoms with Gasteiger partial charge in [-0.25, -0.2) is 19.2 Å². The summed E-state index contributed by atoms with van der Waals surface area (Å²) in [5.41, 5.74) is 2.27. The van der Waals surface area contributed by atoms with E-state index in [4.69, 9.17) is 0 Å². The number of benzene rings is 1. The Bertz CT molecular complexity index is 611. The van der Waals surface area contributed by atoms with Crippen LogP contribution in [0.25, 0.3) is 11.0 Å². The molecule has 0 aliphatic carbocycles. The van der Waals surface area contributed by atoms with Crippen LogP contribution in [0.2, 0.25) is 0 Å². The van der Waals surface area contributed by atoms with Gasteiger partial charge in [0.1, 0.15) is 5.82 Å². The lowest BCUT2D eigenvalue weighted by atomic mass is 10.1. The third-order valence-electron chi connectivity index (χ3n) is 2.57. The number of aryl methyl sites for hydroxylation is 2. The van der Waals surface area contributed by atoms with Crippen LogP contribution in [0.4, 0.5) is 4.39 Å². The summed E-state index contributed by atoms with van der Waals surface area (Å²) in [5.74, 6) is -1.37. The van der Waals surface area contributed by atoms with Crippen molar-refractivity contribution >= 4 is 17.0 Å². The van der Waals surface area contributed by atoms with E-state index in [1.807, 2.05) is 6.92 Å². The molecule has 0 aliphatic rings. The van der Waals surface area contributed by atoms with Gasteiger partial charge in [0.05, 0.1) is 35.1 Å². The summed E-state index contributed by atoms with van der Waals surface area (Å²) in [6.07, 6.45) is 0. The molecule has 17 heavy (non-hydrogen) atoms. The summed E-state index contributed by atoms with van der Waals surface area (Å²) in [7, 11) is 1.21. The monoisotopic (exact) mass is 234 g/mol. The maximum Gasteiger partial charge on any atom is 0.340 e. The quantitative estimate of drug-likeness (QED) is 0.709. The number of nitrogens with zero attached hydrogens (tertiary/aromatic N) is 2. The van der Waals surface area contributed by atoms with E-state index >= 15 is 0 Å². The predicted molar refractivity (Wildman–Crippen MR) is 60.3 cm³/mol. The third-order valence-corrected chi connectivity index (χ3v) is 2.57. The number of carbonyl (C=O) groups excluding carboxylic acids is 1. The highest BCUT2D eigenvalue weighted by atomic mass is 19.1. The number of esters is 1. The molecule has 0 bridgehead atoms. The van der Waals surface area contributed by atoms with E-state index < -0.39 is 11.8 Å². The number of methoxy groups -OCH3 is 1. The molecule has 1 heterocycles. The van der Waals surface area contributed by atoms with Gasteiger partial charge in [-0.1, -0.05) is 0 Å². The van der Waals surface area contributed by atoms with Gasteiger partial charge in [-0.15, -0.1) is 0 Å². The van der Waals surface area contributed by atoms with Gasteiger partial charge in [-0.05, 0) is 19.9 Å². The zero-order chi connectivity index (χ0) is 12.6. The average Bonchev–Trinajstić information content (AvgIpc) is 2.30. The lowest BCUT2D eigenvalue weighted by Gasteiger charge is -2.05. The summed E-state index contributed by atoms with van der Waals surface area (Å²) < 4.78 is 18.1. The van der Waals surface area contributed by atoms with Gasteiger partial charge in [0.15, 0.2) is 0 Å². The zero-order valence-corrected chi connectivity index (χ0v) is 9.74. The molecule has 2 aromatic rings. The van der Waals surface area contributed by atoms with E-state index in [-0.39, 0.29) is 5.56 Å². The van der Waals surface area contributed by atoms with E-state index in [1.54, 1.807) is 6.92 Å². The Morgan fingerprint density at radius 3 is 2.24 bits per heavy atom. The van der Waals surface area contributed by atoms with Crippen LogP contribution in [0.5, 0.6) is 0 Å². The largest absolute Gasteiger partial charge is 0.465 e. The molecule has 0 saturated heterocycles. The Kier molecular flexibility index (Phi) is 2.75. The zero-order valence-electron chi connectivity index (χ0n) is 9.74. The number of hydrogen-bond acceptors (Lipinski definition) is 4. The van der Waals surface area contributed by atoms with E-state index in [9.17, 15) is 9.18 Å². The first-order valence-electron chi connectivity index (χ1n) is 5.05. The number of carbonyl (C=O) groups is 1. The van der Waals surface area contributed by atoms with Crippen molar-refractivity contribution in [2.75, 3.05) is 7.11 Å². The highest BCUT2D eigenvalue weighted by Gasteiger charge is 2.14. The lowest BCUT2D eigenvalue weighted by Crippen LogP contribution is -2.05. The fraction of sp³-hybridized carbons (Fsp3) is 0.250. The van der Waals surface area contributed by atoms with Crippen molar-refractivity contribution in [2.45, 2.75) is 13.8 Å². The number of aromatic nitrogens is 2. The van der Waals surface area contributed by atoms with Gasteiger partial charge in [0, 0.05) is 6.07 Å². The Hall–Kier alpha value is -2.04. The van der Waals surface area contributed by atoms with E-state index in [0.717, 1.165) is 11.4 Å². The van der Waals surface area contributed by atoms with Crippen LogP contribution in [0, 0.1) is 19.7 Å². The van der Waals surface area contributed by atoms with Crippen LogP contribution in [0.1, 0.15) is 21.7 Å². The Balaban J connectivity index is 2.71. The molecule has 1 aromatic heterocycles. The summed E-state index contributed by atoms with van der Waals surface area (Å²) in [6.45, 7) is 3.61. The van der Waals surface area contributed by atoms with E-state index in [2.05, 4.69) is 14.7 Å². The molecular weight excluding hydrogens is 223 g/mol. The Morgan fingerprint density at radius 1 is 1.18 bits per heavy atom. The number of halogens is 1. The van der Waals surface area contributed by atoms with Crippen LogP contribution in [-0.4, -0.2) is 23.0 Å². The van der Waals surface area contributed by atoms with Gasteiger partial charge in [-0.2, -0.15) is 0 Å². The molecule has 0 unspecified atom stereocenters. The number of hydrogen-bond donors (Lipinski definition) is 0. The first-order valence-corrected chi connectivity index (χ1v) is 5.05. The molecule has 0 saturated carbocycles. The molecule has 0 atom stereocenters. The molecule has 0 N–H and O–H groups in total. The lowest BCUT2D eigenvalue weighted by molar-refractivity contribution is 0.0595. The van der Waals surface area contributed by atoms with Gasteiger partial charge >= 0.3 is 5.97 Å². The Labute approximate surface area is 97.5 Å². The van der Waals surface area contributed by atoms with Crippen molar-refractivity contribution in [2.24, 2.45) is 0 Å². The average molecular weight is 234 g/mol. The van der Waals surface area contributed by atoms with Crippen molar-refractivity contribution in [3.63, 3.8) is 0 Å². The van der Waals surface area contributed by atoms with Crippen molar-refractivity contribution in [1.29, 1.82) is 0 Å². The highest BCUT2D eigenvalue weighted by Crippen LogP contribution is 2.18. The summed E-state index contributed by atoms with van der Waals surface area (Å²) in [6, 6.07) is 2.55. The van der Waals surface area contributed by atoms with Crippen molar-refractivity contribution in [3.05, 3.63) is 34.9 Å². The molecule has 5 heteroatoms. The fourth-order valence-electron chi connectivity index (χ4n) is 1.52. The van der Waals surface area contributed by atoms with Gasteiger partial charge in [-0.3, -0.25) is 0 Å². The number of ether oxygens (including phenoxy) is 1.